The van der Waals surface area contributed by atoms with Gasteiger partial charge in [-0.15, -0.1) is 0 Å². The highest BCUT2D eigenvalue weighted by Gasteiger charge is 2.06. The van der Waals surface area contributed by atoms with E-state index < -0.39 is 11.6 Å². The molecule has 0 amide bonds. The van der Waals surface area contributed by atoms with Crippen LogP contribution in [0.15, 0.2) is 18.2 Å². The van der Waals surface area contributed by atoms with Gasteiger partial charge in [-0.3, -0.25) is 0 Å². The molecule has 0 saturated heterocycles. The van der Waals surface area contributed by atoms with Gasteiger partial charge in [-0.2, -0.15) is 0 Å². The molecule has 0 spiro atoms. The second-order valence-corrected chi connectivity index (χ2v) is 3.99. The Balaban J connectivity index is 2.49. The zero-order chi connectivity index (χ0) is 10.4. The molecule has 0 unspecified atom stereocenters. The summed E-state index contributed by atoms with van der Waals surface area (Å²) in [4.78, 5) is 0. The van der Waals surface area contributed by atoms with Crippen molar-refractivity contribution in [1.82, 2.24) is 0 Å². The molecule has 0 N–H and O–H groups in total. The highest BCUT2D eigenvalue weighted by Crippen LogP contribution is 2.15. The lowest BCUT2D eigenvalue weighted by atomic mass is 10.1. The summed E-state index contributed by atoms with van der Waals surface area (Å²) in [6.07, 6.45) is 3.38. The van der Waals surface area contributed by atoms with Gasteiger partial charge in [-0.25, -0.2) is 8.78 Å². The number of unbranched alkanes of at least 4 members (excludes halogenated alkanes) is 2. The monoisotopic (exact) mass is 262 g/mol. The number of rotatable bonds is 5. The van der Waals surface area contributed by atoms with Crippen LogP contribution in [0.25, 0.3) is 0 Å². The fraction of sp³-hybridized carbons (Fsp3) is 0.455. The minimum Gasteiger partial charge on any atom is -0.207 e. The van der Waals surface area contributed by atoms with Crippen LogP contribution >= 0.6 is 15.9 Å². The number of hydrogen-bond donors (Lipinski definition) is 0. The van der Waals surface area contributed by atoms with Gasteiger partial charge in [0.05, 0.1) is 0 Å². The minimum atomic E-state index is -0.427. The zero-order valence-electron chi connectivity index (χ0n) is 7.90. The van der Waals surface area contributed by atoms with Crippen LogP contribution < -0.4 is 0 Å². The molecule has 0 aliphatic rings. The van der Waals surface area contributed by atoms with Crippen molar-refractivity contribution in [3.8, 4) is 0 Å². The van der Waals surface area contributed by atoms with Gasteiger partial charge in [0.1, 0.15) is 11.6 Å². The summed E-state index contributed by atoms with van der Waals surface area (Å²) < 4.78 is 26.2. The first-order valence-corrected chi connectivity index (χ1v) is 5.86. The van der Waals surface area contributed by atoms with Gasteiger partial charge in [-0.1, -0.05) is 28.4 Å². The summed E-state index contributed by atoms with van der Waals surface area (Å²) in [5, 5.41) is 0.951. The molecule has 0 aromatic heterocycles. The van der Waals surface area contributed by atoms with Gasteiger partial charge in [-0.05, 0) is 31.4 Å². The van der Waals surface area contributed by atoms with Gasteiger partial charge in [0, 0.05) is 10.9 Å². The predicted molar refractivity (Wildman–Crippen MR) is 57.7 cm³/mol. The summed E-state index contributed by atoms with van der Waals surface area (Å²) in [5.41, 5.74) is 0.224. The van der Waals surface area contributed by atoms with Crippen LogP contribution in [0.1, 0.15) is 24.8 Å². The molecule has 3 heteroatoms. The molecule has 0 aliphatic carbocycles. The normalized spacial score (nSPS) is 10.5. The number of halogens is 3. The Morgan fingerprint density at radius 1 is 1.00 bits per heavy atom. The highest BCUT2D eigenvalue weighted by atomic mass is 79.9. The van der Waals surface area contributed by atoms with E-state index in [9.17, 15) is 8.78 Å². The standard InChI is InChI=1S/C11H13BrF2/c12-8-3-1-2-5-9-10(13)6-4-7-11(9)14/h4,6-7H,1-3,5,8H2. The molecule has 1 rings (SSSR count). The summed E-state index contributed by atoms with van der Waals surface area (Å²) in [7, 11) is 0. The largest absolute Gasteiger partial charge is 0.207 e. The molecule has 14 heavy (non-hydrogen) atoms. The second-order valence-electron chi connectivity index (χ2n) is 3.20. The highest BCUT2D eigenvalue weighted by molar-refractivity contribution is 9.09. The lowest BCUT2D eigenvalue weighted by Crippen LogP contribution is -1.95. The maximum atomic E-state index is 13.1. The van der Waals surface area contributed by atoms with E-state index in [1.165, 1.54) is 18.2 Å². The molecular weight excluding hydrogens is 250 g/mol. The van der Waals surface area contributed by atoms with E-state index in [4.69, 9.17) is 0 Å². The molecule has 0 aliphatic heterocycles. The molecule has 78 valence electrons. The van der Waals surface area contributed by atoms with Crippen LogP contribution in [-0.2, 0) is 6.42 Å². The molecule has 0 radical (unpaired) electrons. The van der Waals surface area contributed by atoms with Gasteiger partial charge in [0.15, 0.2) is 0 Å². The third-order valence-electron chi connectivity index (χ3n) is 2.12. The maximum Gasteiger partial charge on any atom is 0.129 e. The lowest BCUT2D eigenvalue weighted by molar-refractivity contribution is 0.546. The number of benzene rings is 1. The first-order chi connectivity index (χ1) is 6.75. The van der Waals surface area contributed by atoms with E-state index >= 15 is 0 Å². The van der Waals surface area contributed by atoms with Crippen LogP contribution in [-0.4, -0.2) is 5.33 Å². The minimum absolute atomic E-state index is 0.224. The quantitative estimate of drug-likeness (QED) is 0.554. The molecule has 0 nitrogen and oxygen atoms in total. The van der Waals surface area contributed by atoms with E-state index in [2.05, 4.69) is 15.9 Å². The Morgan fingerprint density at radius 2 is 1.64 bits per heavy atom. The summed E-state index contributed by atoms with van der Waals surface area (Å²) in [5.74, 6) is -0.854. The Labute approximate surface area is 91.5 Å². The van der Waals surface area contributed by atoms with Crippen molar-refractivity contribution in [3.63, 3.8) is 0 Å². The average molecular weight is 263 g/mol. The fourth-order valence-electron chi connectivity index (χ4n) is 1.34. The Kier molecular flexibility index (Phi) is 5.09. The molecular formula is C11H13BrF2. The number of alkyl halides is 1. The molecule has 0 fully saturated rings. The molecule has 0 saturated carbocycles. The zero-order valence-corrected chi connectivity index (χ0v) is 9.49. The van der Waals surface area contributed by atoms with Crippen molar-refractivity contribution < 1.29 is 8.78 Å². The lowest BCUT2D eigenvalue weighted by Gasteiger charge is -2.03. The smallest absolute Gasteiger partial charge is 0.129 e. The fourth-order valence-corrected chi connectivity index (χ4v) is 1.74. The van der Waals surface area contributed by atoms with E-state index in [1.54, 1.807) is 0 Å². The maximum absolute atomic E-state index is 13.1. The first kappa shape index (κ1) is 11.6. The SMILES string of the molecule is Fc1cccc(F)c1CCCCCBr. The van der Waals surface area contributed by atoms with Gasteiger partial charge in [0.2, 0.25) is 0 Å². The molecule has 1 aromatic rings. The van der Waals surface area contributed by atoms with Gasteiger partial charge < -0.3 is 0 Å². The summed E-state index contributed by atoms with van der Waals surface area (Å²) in [6.45, 7) is 0. The van der Waals surface area contributed by atoms with E-state index in [-0.39, 0.29) is 5.56 Å². The molecule has 1 aromatic carbocycles. The Morgan fingerprint density at radius 3 is 2.21 bits per heavy atom. The van der Waals surface area contributed by atoms with Crippen molar-refractivity contribution in [2.45, 2.75) is 25.7 Å². The van der Waals surface area contributed by atoms with Gasteiger partial charge >= 0.3 is 0 Å². The van der Waals surface area contributed by atoms with Gasteiger partial charge in [0.25, 0.3) is 0 Å². The van der Waals surface area contributed by atoms with Crippen LogP contribution in [0.3, 0.4) is 0 Å². The van der Waals surface area contributed by atoms with Crippen LogP contribution in [0, 0.1) is 11.6 Å². The Hall–Kier alpha value is -0.440. The third-order valence-corrected chi connectivity index (χ3v) is 2.68. The van der Waals surface area contributed by atoms with E-state index in [0.29, 0.717) is 6.42 Å². The molecule has 0 heterocycles. The summed E-state index contributed by atoms with van der Waals surface area (Å²) in [6, 6.07) is 4.01. The van der Waals surface area contributed by atoms with E-state index in [0.717, 1.165) is 24.6 Å². The molecule has 0 atom stereocenters. The summed E-state index contributed by atoms with van der Waals surface area (Å²) >= 11 is 3.32. The van der Waals surface area contributed by atoms with Crippen LogP contribution in [0.2, 0.25) is 0 Å². The van der Waals surface area contributed by atoms with Crippen molar-refractivity contribution >= 4 is 15.9 Å². The van der Waals surface area contributed by atoms with Crippen LogP contribution in [0.4, 0.5) is 8.78 Å². The van der Waals surface area contributed by atoms with E-state index in [1.807, 2.05) is 0 Å². The Bertz CT molecular complexity index is 266. The third kappa shape index (κ3) is 3.37. The average Bonchev–Trinajstić information content (AvgIpc) is 2.16. The molecule has 0 bridgehead atoms. The van der Waals surface area contributed by atoms with Crippen molar-refractivity contribution in [3.05, 3.63) is 35.4 Å². The predicted octanol–water partition coefficient (Wildman–Crippen LogP) is 4.07. The van der Waals surface area contributed by atoms with Crippen molar-refractivity contribution in [1.29, 1.82) is 0 Å². The first-order valence-electron chi connectivity index (χ1n) is 4.74. The topological polar surface area (TPSA) is 0 Å². The number of hydrogen-bond acceptors (Lipinski definition) is 0. The van der Waals surface area contributed by atoms with Crippen LogP contribution in [0.5, 0.6) is 0 Å². The van der Waals surface area contributed by atoms with Crippen molar-refractivity contribution in [2.24, 2.45) is 0 Å². The van der Waals surface area contributed by atoms with Crippen molar-refractivity contribution in [2.75, 3.05) is 5.33 Å². The second kappa shape index (κ2) is 6.12.